The third-order valence-corrected chi connectivity index (χ3v) is 5.37. The Morgan fingerprint density at radius 1 is 1.35 bits per heavy atom. The van der Waals surface area contributed by atoms with Gasteiger partial charge in [-0.05, 0) is 62.7 Å². The number of phenols is 1. The van der Waals surface area contributed by atoms with Crippen molar-refractivity contribution in [1.29, 1.82) is 0 Å². The van der Waals surface area contributed by atoms with Crippen LogP contribution in [0.25, 0.3) is 0 Å². The van der Waals surface area contributed by atoms with E-state index in [1.807, 2.05) is 6.07 Å². The highest BCUT2D eigenvalue weighted by atomic mass is 16.6. The summed E-state index contributed by atoms with van der Waals surface area (Å²) >= 11 is 0. The SMILES string of the molecule is CCCN1CCC[C@@H]2Cc3c(ccc(OC(=O)NCC(=O)O)c3O)C[C@H]21. The summed E-state index contributed by atoms with van der Waals surface area (Å²) in [5, 5.41) is 21.3. The Labute approximate surface area is 152 Å². The summed E-state index contributed by atoms with van der Waals surface area (Å²) in [7, 11) is 0. The average molecular weight is 362 g/mol. The zero-order valence-corrected chi connectivity index (χ0v) is 15.0. The molecule has 1 aromatic carbocycles. The molecule has 1 amide bonds. The topological polar surface area (TPSA) is 99.1 Å². The number of nitrogens with one attached hydrogen (secondary N) is 1. The summed E-state index contributed by atoms with van der Waals surface area (Å²) in [6.07, 6.45) is 4.25. The van der Waals surface area contributed by atoms with Crippen LogP contribution in [0.4, 0.5) is 4.79 Å². The summed E-state index contributed by atoms with van der Waals surface area (Å²) in [6, 6.07) is 4.01. The predicted molar refractivity (Wildman–Crippen MR) is 95.6 cm³/mol. The molecule has 3 rings (SSSR count). The van der Waals surface area contributed by atoms with E-state index in [9.17, 15) is 14.7 Å². The van der Waals surface area contributed by atoms with E-state index in [1.54, 1.807) is 6.07 Å². The molecule has 1 aliphatic carbocycles. The minimum Gasteiger partial charge on any atom is -0.504 e. The molecule has 0 radical (unpaired) electrons. The van der Waals surface area contributed by atoms with Gasteiger partial charge >= 0.3 is 12.1 Å². The van der Waals surface area contributed by atoms with Gasteiger partial charge in [-0.15, -0.1) is 0 Å². The van der Waals surface area contributed by atoms with Crippen LogP contribution >= 0.6 is 0 Å². The van der Waals surface area contributed by atoms with E-state index >= 15 is 0 Å². The maximum absolute atomic E-state index is 11.7. The average Bonchev–Trinajstić information content (AvgIpc) is 2.62. The van der Waals surface area contributed by atoms with E-state index in [2.05, 4.69) is 17.1 Å². The second kappa shape index (κ2) is 7.95. The molecule has 1 aliphatic heterocycles. The smallest absolute Gasteiger partial charge is 0.413 e. The number of carbonyl (C=O) groups excluding carboxylic acids is 1. The Hall–Kier alpha value is -2.28. The number of carboxylic acids is 1. The number of carboxylic acid groups (broad SMARTS) is 1. The summed E-state index contributed by atoms with van der Waals surface area (Å²) in [6.45, 7) is 3.92. The third kappa shape index (κ3) is 3.93. The van der Waals surface area contributed by atoms with Crippen molar-refractivity contribution in [2.24, 2.45) is 5.92 Å². The maximum atomic E-state index is 11.7. The lowest BCUT2D eigenvalue weighted by atomic mass is 9.75. The standard InChI is InChI=1S/C19H26N2O5/c1-2-7-21-8-3-4-13-9-14-12(10-15(13)21)5-6-16(18(14)24)26-19(25)20-11-17(22)23/h5-6,13,15,24H,2-4,7-11H2,1H3,(H,20,25)(H,22,23)/t13-,15-/m1/s1. The normalized spacial score (nSPS) is 22.2. The van der Waals surface area contributed by atoms with E-state index < -0.39 is 18.6 Å². The van der Waals surface area contributed by atoms with Gasteiger partial charge in [-0.1, -0.05) is 13.0 Å². The highest BCUT2D eigenvalue weighted by molar-refractivity contribution is 5.78. The Morgan fingerprint density at radius 2 is 2.15 bits per heavy atom. The Bertz CT molecular complexity index is 689. The molecule has 26 heavy (non-hydrogen) atoms. The summed E-state index contributed by atoms with van der Waals surface area (Å²) in [4.78, 5) is 24.7. The van der Waals surface area contributed by atoms with Crippen molar-refractivity contribution in [3.8, 4) is 11.5 Å². The number of aliphatic carboxylic acids is 1. The number of nitrogens with zero attached hydrogens (tertiary/aromatic N) is 1. The fourth-order valence-corrected chi connectivity index (χ4v) is 4.24. The van der Waals surface area contributed by atoms with Gasteiger partial charge in [0.2, 0.25) is 0 Å². The van der Waals surface area contributed by atoms with Gasteiger partial charge in [-0.25, -0.2) is 4.79 Å². The molecule has 7 heteroatoms. The highest BCUT2D eigenvalue weighted by Gasteiger charge is 2.36. The molecular weight excluding hydrogens is 336 g/mol. The zero-order valence-electron chi connectivity index (χ0n) is 15.0. The van der Waals surface area contributed by atoms with Gasteiger partial charge < -0.3 is 20.3 Å². The molecule has 0 spiro atoms. The number of fused-ring (bicyclic) bond motifs is 2. The van der Waals surface area contributed by atoms with Gasteiger partial charge in [0.15, 0.2) is 11.5 Å². The van der Waals surface area contributed by atoms with Crippen LogP contribution in [0.5, 0.6) is 11.5 Å². The van der Waals surface area contributed by atoms with Crippen molar-refractivity contribution in [2.75, 3.05) is 19.6 Å². The first-order valence-electron chi connectivity index (χ1n) is 9.24. The van der Waals surface area contributed by atoms with E-state index in [0.29, 0.717) is 12.0 Å². The van der Waals surface area contributed by atoms with Crippen LogP contribution in [0.15, 0.2) is 12.1 Å². The summed E-state index contributed by atoms with van der Waals surface area (Å²) < 4.78 is 5.08. The van der Waals surface area contributed by atoms with Gasteiger partial charge in [0, 0.05) is 11.6 Å². The number of carbonyl (C=O) groups is 2. The number of phenolic OH excluding ortho intramolecular Hbond substituents is 1. The van der Waals surface area contributed by atoms with Crippen LogP contribution < -0.4 is 10.1 Å². The number of amides is 1. The quantitative estimate of drug-likeness (QED) is 0.742. The van der Waals surface area contributed by atoms with E-state index in [4.69, 9.17) is 9.84 Å². The number of piperidine rings is 1. The lowest BCUT2D eigenvalue weighted by Gasteiger charge is -2.44. The minimum atomic E-state index is -1.16. The first-order chi connectivity index (χ1) is 12.5. The number of rotatable bonds is 5. The molecule has 0 unspecified atom stereocenters. The fraction of sp³-hybridized carbons (Fsp3) is 0.579. The van der Waals surface area contributed by atoms with E-state index in [1.165, 1.54) is 6.42 Å². The van der Waals surface area contributed by atoms with Crippen molar-refractivity contribution in [3.05, 3.63) is 23.3 Å². The van der Waals surface area contributed by atoms with Gasteiger partial charge in [-0.3, -0.25) is 9.69 Å². The number of ether oxygens (including phenoxy) is 1. The molecule has 1 fully saturated rings. The molecule has 0 bridgehead atoms. The predicted octanol–water partition coefficient (Wildman–Crippen LogP) is 2.15. The summed E-state index contributed by atoms with van der Waals surface area (Å²) in [5.41, 5.74) is 1.96. The van der Waals surface area contributed by atoms with Gasteiger partial charge in [0.05, 0.1) is 0 Å². The van der Waals surface area contributed by atoms with Crippen molar-refractivity contribution in [3.63, 3.8) is 0 Å². The van der Waals surface area contributed by atoms with Crippen LogP contribution in [-0.2, 0) is 17.6 Å². The molecule has 7 nitrogen and oxygen atoms in total. The number of likely N-dealkylation sites (tertiary alicyclic amines) is 1. The molecular formula is C19H26N2O5. The van der Waals surface area contributed by atoms with Crippen LogP contribution in [0.1, 0.15) is 37.3 Å². The molecule has 0 aromatic heterocycles. The molecule has 2 aliphatic rings. The van der Waals surface area contributed by atoms with Gasteiger partial charge in [0.1, 0.15) is 6.54 Å². The number of aromatic hydroxyl groups is 1. The largest absolute Gasteiger partial charge is 0.504 e. The Morgan fingerprint density at radius 3 is 2.88 bits per heavy atom. The molecule has 1 heterocycles. The van der Waals surface area contributed by atoms with Crippen molar-refractivity contribution >= 4 is 12.1 Å². The molecule has 142 valence electrons. The summed E-state index contributed by atoms with van der Waals surface area (Å²) in [5.74, 6) is -0.577. The first kappa shape index (κ1) is 18.5. The van der Waals surface area contributed by atoms with Gasteiger partial charge in [0.25, 0.3) is 0 Å². The third-order valence-electron chi connectivity index (χ3n) is 5.37. The molecule has 2 atom stereocenters. The lowest BCUT2D eigenvalue weighted by molar-refractivity contribution is -0.135. The first-order valence-corrected chi connectivity index (χ1v) is 9.24. The Balaban J connectivity index is 1.75. The fourth-order valence-electron chi connectivity index (χ4n) is 4.24. The number of benzene rings is 1. The van der Waals surface area contributed by atoms with E-state index in [0.717, 1.165) is 49.9 Å². The second-order valence-electron chi connectivity index (χ2n) is 7.10. The zero-order chi connectivity index (χ0) is 18.7. The van der Waals surface area contributed by atoms with Crippen molar-refractivity contribution in [2.45, 2.75) is 45.1 Å². The minimum absolute atomic E-state index is 0.000889. The number of hydrogen-bond acceptors (Lipinski definition) is 5. The monoisotopic (exact) mass is 362 g/mol. The molecule has 3 N–H and O–H groups in total. The second-order valence-corrected chi connectivity index (χ2v) is 7.10. The van der Waals surface area contributed by atoms with Crippen LogP contribution in [0, 0.1) is 5.92 Å². The molecule has 1 saturated heterocycles. The molecule has 1 aromatic rings. The van der Waals surface area contributed by atoms with Crippen molar-refractivity contribution in [1.82, 2.24) is 10.2 Å². The Kier molecular flexibility index (Phi) is 5.66. The molecule has 0 saturated carbocycles. The highest BCUT2D eigenvalue weighted by Crippen LogP contribution is 2.42. The van der Waals surface area contributed by atoms with Gasteiger partial charge in [-0.2, -0.15) is 0 Å². The maximum Gasteiger partial charge on any atom is 0.413 e. The number of hydrogen-bond donors (Lipinski definition) is 3. The van der Waals surface area contributed by atoms with Crippen LogP contribution in [0.3, 0.4) is 0 Å². The van der Waals surface area contributed by atoms with Crippen LogP contribution in [0.2, 0.25) is 0 Å². The van der Waals surface area contributed by atoms with Crippen LogP contribution in [-0.4, -0.2) is 52.9 Å². The van der Waals surface area contributed by atoms with Crippen molar-refractivity contribution < 1.29 is 24.5 Å². The van der Waals surface area contributed by atoms with E-state index in [-0.39, 0.29) is 11.5 Å². The lowest BCUT2D eigenvalue weighted by Crippen LogP contribution is -2.49.